The van der Waals surface area contributed by atoms with E-state index in [1.165, 1.54) is 5.38 Å². The zero-order valence-electron chi connectivity index (χ0n) is 21.0. The van der Waals surface area contributed by atoms with Gasteiger partial charge in [0, 0.05) is 11.9 Å². The number of nitrogens with two attached hydrogens (primary N) is 1. The fraction of sp³-hybridized carbons (Fsp3) is 0.429. The first-order valence-corrected chi connectivity index (χ1v) is 12.8. The second-order valence-corrected chi connectivity index (χ2v) is 10.5. The average molecular weight is 639 g/mol. The van der Waals surface area contributed by atoms with Gasteiger partial charge >= 0.3 is 94.7 Å². The van der Waals surface area contributed by atoms with Crippen LogP contribution in [-0.4, -0.2) is 89.0 Å². The largest absolute Gasteiger partial charge is 1.00 e. The molecule has 1 aliphatic heterocycles. The third-order valence-corrected chi connectivity index (χ3v) is 6.26. The summed E-state index contributed by atoms with van der Waals surface area (Å²) in [6, 6.07) is -5.16. The van der Waals surface area contributed by atoms with Crippen LogP contribution in [-0.2, 0) is 39.8 Å². The summed E-state index contributed by atoms with van der Waals surface area (Å²) in [7, 11) is -10.7. The minimum Gasteiger partial charge on any atom is -0.731 e. The Bertz CT molecular complexity index is 1340. The minimum atomic E-state index is -5.45. The number of hydrogen-bond donors (Lipinski definition) is 4. The van der Waals surface area contributed by atoms with Gasteiger partial charge in [-0.1, -0.05) is 5.16 Å². The molecule has 1 fully saturated rings. The number of thiazole rings is 1. The van der Waals surface area contributed by atoms with Crippen LogP contribution in [0.15, 0.2) is 10.5 Å². The first-order valence-electron chi connectivity index (χ1n) is 9.14. The number of urea groups is 1. The predicted octanol–water partition coefficient (Wildman–Crippen LogP) is -14.1. The number of carbonyl (C=O) groups excluding carboxylic acids is 4. The number of aromatic nitrogens is 1. The number of anilines is 1. The van der Waals surface area contributed by atoms with Crippen LogP contribution >= 0.6 is 11.3 Å². The van der Waals surface area contributed by atoms with E-state index in [2.05, 4.69) is 10.1 Å². The molecule has 1 aliphatic rings. The first kappa shape index (κ1) is 40.5. The number of oxime groups is 1. The Kier molecular flexibility index (Phi) is 16.2. The van der Waals surface area contributed by atoms with Gasteiger partial charge in [0.05, 0.1) is 12.0 Å². The zero-order chi connectivity index (χ0) is 27.6. The topological polar surface area (TPSA) is 306 Å². The maximum absolute atomic E-state index is 12.8. The van der Waals surface area contributed by atoms with Crippen molar-refractivity contribution < 1.29 is 144 Å². The molecule has 200 valence electrons. The molecule has 1 aromatic heterocycles. The van der Waals surface area contributed by atoms with Crippen LogP contribution in [0.5, 0.6) is 0 Å². The molecule has 0 unspecified atom stereocenters. The van der Waals surface area contributed by atoms with E-state index >= 15 is 0 Å². The van der Waals surface area contributed by atoms with E-state index < -0.39 is 74.4 Å². The molecule has 0 saturated carbocycles. The number of carbonyl (C=O) groups is 4. The molecule has 4 amide bonds. The monoisotopic (exact) mass is 639 g/mol. The molecule has 0 bridgehead atoms. The van der Waals surface area contributed by atoms with E-state index in [1.807, 2.05) is 5.32 Å². The van der Waals surface area contributed by atoms with E-state index in [4.69, 9.17) is 10.6 Å². The fourth-order valence-electron chi connectivity index (χ4n) is 2.51. The molecule has 1 saturated heterocycles. The Balaban J connectivity index is 0. The van der Waals surface area contributed by atoms with E-state index in [1.54, 1.807) is 5.32 Å². The number of β-lactam (4-membered cyclic amide) rings is 1. The van der Waals surface area contributed by atoms with Gasteiger partial charge in [0.15, 0.2) is 37.1 Å². The molecule has 2 rings (SSSR count). The van der Waals surface area contributed by atoms with Gasteiger partial charge in [0.1, 0.15) is 11.7 Å². The number of amides is 4. The van der Waals surface area contributed by atoms with Crippen molar-refractivity contribution in [1.82, 2.24) is 24.6 Å². The Hall–Kier alpha value is -0.600. The van der Waals surface area contributed by atoms with E-state index in [-0.39, 0.29) is 104 Å². The second kappa shape index (κ2) is 15.6. The molecule has 0 radical (unpaired) electrons. The Morgan fingerprint density at radius 2 is 1.77 bits per heavy atom. The molecule has 19 nitrogen and oxygen atoms in total. The van der Waals surface area contributed by atoms with Crippen LogP contribution in [0.25, 0.3) is 0 Å². The van der Waals surface area contributed by atoms with Crippen molar-refractivity contribution in [2.24, 2.45) is 5.16 Å². The standard InChI is InChI=1S/C14H19N7O12S3.3Na/c1-14(2,11(24)25)33-19-7(5-4-34-12(15)17-5)9(22)18-8-6(21(10(8)23)36(30,31)32)3-16-13(26)20-35(27,28)29;;;/h4,6,8H,3H2,1-2H3,(H2,15,17)(H,18,22)(H,24,25)(H2,16,20,26)(H,27,28,29)(H,30,31,32);;;/q;3*+1/p-3/b19-7-;;;/t6-,8+;;;/m0.../s1. The molecular formula is C14H16N7Na3O12S3. The Labute approximate surface area is 291 Å². The maximum atomic E-state index is 12.8. The van der Waals surface area contributed by atoms with Gasteiger partial charge in [-0.05, 0) is 13.8 Å². The Morgan fingerprint density at radius 3 is 2.21 bits per heavy atom. The van der Waals surface area contributed by atoms with Crippen molar-refractivity contribution in [2.45, 2.75) is 31.5 Å². The number of nitrogens with zero attached hydrogens (tertiary/aromatic N) is 3. The fourth-order valence-corrected chi connectivity index (χ4v) is 4.22. The van der Waals surface area contributed by atoms with Crippen molar-refractivity contribution in [3.63, 3.8) is 0 Å². The minimum absolute atomic E-state index is 0. The van der Waals surface area contributed by atoms with Crippen molar-refractivity contribution in [3.8, 4) is 0 Å². The summed E-state index contributed by atoms with van der Waals surface area (Å²) in [6.07, 6.45) is 0. The number of nitrogens with one attached hydrogen (secondary N) is 3. The summed E-state index contributed by atoms with van der Waals surface area (Å²) in [6.45, 7) is 1.17. The van der Waals surface area contributed by atoms with Gasteiger partial charge in [-0.3, -0.25) is 9.59 Å². The van der Waals surface area contributed by atoms with Gasteiger partial charge in [-0.25, -0.2) is 35.6 Å². The quantitative estimate of drug-likeness (QED) is 0.0608. The van der Waals surface area contributed by atoms with Crippen molar-refractivity contribution >= 4 is 66.6 Å². The summed E-state index contributed by atoms with van der Waals surface area (Å²) >= 11 is 0.846. The summed E-state index contributed by atoms with van der Waals surface area (Å²) < 4.78 is 66.7. The van der Waals surface area contributed by atoms with Crippen LogP contribution in [0.2, 0.25) is 0 Å². The van der Waals surface area contributed by atoms with Crippen molar-refractivity contribution in [1.29, 1.82) is 0 Å². The van der Waals surface area contributed by atoms with Gasteiger partial charge in [-0.2, -0.15) is 0 Å². The first-order chi connectivity index (χ1) is 16.3. The molecule has 0 spiro atoms. The number of carboxylic acids is 1. The predicted molar refractivity (Wildman–Crippen MR) is 112 cm³/mol. The van der Waals surface area contributed by atoms with E-state index in [9.17, 15) is 50.2 Å². The van der Waals surface area contributed by atoms with Gasteiger partial charge in [-0.15, -0.1) is 11.3 Å². The summed E-state index contributed by atoms with van der Waals surface area (Å²) in [5.41, 5.74) is 2.53. The van der Waals surface area contributed by atoms with Gasteiger partial charge in [0.2, 0.25) is 0 Å². The molecule has 1 aromatic rings. The van der Waals surface area contributed by atoms with Crippen LogP contribution < -0.4 is 115 Å². The number of rotatable bonds is 10. The average Bonchev–Trinajstić information content (AvgIpc) is 3.12. The van der Waals surface area contributed by atoms with Crippen molar-refractivity contribution in [3.05, 3.63) is 11.1 Å². The summed E-state index contributed by atoms with van der Waals surface area (Å²) in [4.78, 5) is 56.3. The summed E-state index contributed by atoms with van der Waals surface area (Å²) in [5, 5.41) is 19.5. The van der Waals surface area contributed by atoms with Crippen molar-refractivity contribution in [2.75, 3.05) is 12.3 Å². The maximum Gasteiger partial charge on any atom is 1.00 e. The number of carboxylic acid groups (broad SMARTS) is 1. The molecule has 39 heavy (non-hydrogen) atoms. The van der Waals surface area contributed by atoms with Crippen LogP contribution in [0.4, 0.5) is 9.93 Å². The van der Waals surface area contributed by atoms with Crippen LogP contribution in [0.1, 0.15) is 19.5 Å². The van der Waals surface area contributed by atoms with Gasteiger partial charge < -0.3 is 40.2 Å². The summed E-state index contributed by atoms with van der Waals surface area (Å²) in [5.74, 6) is -4.42. The van der Waals surface area contributed by atoms with Gasteiger partial charge in [0.25, 0.3) is 11.8 Å². The third-order valence-electron chi connectivity index (χ3n) is 4.22. The van der Waals surface area contributed by atoms with E-state index in [0.29, 0.717) is 0 Å². The zero-order valence-corrected chi connectivity index (χ0v) is 29.4. The number of nitrogen functional groups attached to an aromatic ring is 1. The number of aliphatic carboxylic acids is 1. The third kappa shape index (κ3) is 11.3. The van der Waals surface area contributed by atoms with Crippen LogP contribution in [0, 0.1) is 0 Å². The molecule has 2 heterocycles. The van der Waals surface area contributed by atoms with Crippen LogP contribution in [0.3, 0.4) is 0 Å². The second-order valence-electron chi connectivity index (χ2n) is 7.28. The normalized spacial score (nSPS) is 17.3. The molecular weight excluding hydrogens is 623 g/mol. The molecule has 2 atom stereocenters. The molecule has 25 heteroatoms. The molecule has 0 aliphatic carbocycles. The number of hydrogen-bond acceptors (Lipinski definition) is 16. The smallest absolute Gasteiger partial charge is 0.731 e. The molecule has 5 N–H and O–H groups in total. The Morgan fingerprint density at radius 1 is 1.21 bits per heavy atom. The SMILES string of the molecule is CC(C)(O/N=C(\C(=O)N[C@H]1C(=O)N(S(=O)(=O)[O-])[C@H]1CNC(=O)NS(=O)(=O)[O-])c1csc(N)n1)C(=O)[O-].[Na+].[Na+].[Na+]. The molecule has 0 aromatic carbocycles. The van der Waals surface area contributed by atoms with E-state index in [0.717, 1.165) is 29.9 Å².